The summed E-state index contributed by atoms with van der Waals surface area (Å²) in [4.78, 5) is 0. The Hall–Kier alpha value is -0.300. The van der Waals surface area contributed by atoms with Crippen molar-refractivity contribution in [1.29, 1.82) is 0 Å². The maximum atomic E-state index is 3.41. The molecule has 0 aliphatic carbocycles. The lowest BCUT2D eigenvalue weighted by Gasteiger charge is -1.99. The monoisotopic (exact) mass is 225 g/mol. The number of unbranched alkanes of at least 4 members (excludes halogenated alkanes) is 6. The third kappa shape index (κ3) is 13.7. The smallest absolute Gasteiger partial charge is 0.00143 e. The van der Waals surface area contributed by atoms with Gasteiger partial charge in [-0.25, -0.2) is 0 Å². The Morgan fingerprint density at radius 3 is 2.12 bits per heavy atom. The van der Waals surface area contributed by atoms with Gasteiger partial charge in [-0.15, -0.1) is 0 Å². The Morgan fingerprint density at radius 2 is 1.38 bits per heavy atom. The van der Waals surface area contributed by atoms with Crippen LogP contribution in [0.3, 0.4) is 0 Å². The molecule has 0 aromatic rings. The predicted octanol–water partition coefficient (Wildman–Crippen LogP) is 4.68. The van der Waals surface area contributed by atoms with Crippen molar-refractivity contribution in [3.05, 3.63) is 12.2 Å². The first-order chi connectivity index (χ1) is 7.91. The van der Waals surface area contributed by atoms with Gasteiger partial charge in [0.05, 0.1) is 0 Å². The van der Waals surface area contributed by atoms with Crippen molar-refractivity contribution in [3.8, 4) is 0 Å². The molecule has 0 amide bonds. The first kappa shape index (κ1) is 15.7. The molecular formula is C15H31N. The second-order valence-corrected chi connectivity index (χ2v) is 4.57. The molecule has 0 bridgehead atoms. The molecule has 0 spiro atoms. The summed E-state index contributed by atoms with van der Waals surface area (Å²) in [5, 5.41) is 3.41. The van der Waals surface area contributed by atoms with Crippen LogP contribution in [0.15, 0.2) is 12.2 Å². The van der Waals surface area contributed by atoms with E-state index < -0.39 is 0 Å². The van der Waals surface area contributed by atoms with E-state index >= 15 is 0 Å². The summed E-state index contributed by atoms with van der Waals surface area (Å²) in [6.45, 7) is 6.78. The molecule has 96 valence electrons. The Kier molecular flexibility index (Phi) is 14.4. The van der Waals surface area contributed by atoms with Gasteiger partial charge in [0.1, 0.15) is 0 Å². The van der Waals surface area contributed by atoms with Crippen LogP contribution in [0.25, 0.3) is 0 Å². The van der Waals surface area contributed by atoms with Gasteiger partial charge in [0.25, 0.3) is 0 Å². The van der Waals surface area contributed by atoms with E-state index in [1.54, 1.807) is 0 Å². The molecule has 1 nitrogen and oxygen atoms in total. The molecule has 0 aromatic heterocycles. The highest BCUT2D eigenvalue weighted by atomic mass is 14.8. The van der Waals surface area contributed by atoms with Crippen molar-refractivity contribution in [2.75, 3.05) is 13.1 Å². The van der Waals surface area contributed by atoms with Gasteiger partial charge < -0.3 is 5.32 Å². The summed E-state index contributed by atoms with van der Waals surface area (Å²) in [5.74, 6) is 0. The molecule has 0 radical (unpaired) electrons. The van der Waals surface area contributed by atoms with Gasteiger partial charge in [-0.1, -0.05) is 58.1 Å². The van der Waals surface area contributed by atoms with Crippen molar-refractivity contribution in [3.63, 3.8) is 0 Å². The molecular weight excluding hydrogens is 194 g/mol. The van der Waals surface area contributed by atoms with E-state index in [4.69, 9.17) is 0 Å². The van der Waals surface area contributed by atoms with Gasteiger partial charge in [0.2, 0.25) is 0 Å². The van der Waals surface area contributed by atoms with Crippen LogP contribution >= 0.6 is 0 Å². The van der Waals surface area contributed by atoms with Crippen molar-refractivity contribution in [2.24, 2.45) is 0 Å². The molecule has 0 unspecified atom stereocenters. The summed E-state index contributed by atoms with van der Waals surface area (Å²) < 4.78 is 0. The summed E-state index contributed by atoms with van der Waals surface area (Å²) in [6, 6.07) is 0. The topological polar surface area (TPSA) is 12.0 Å². The van der Waals surface area contributed by atoms with Gasteiger partial charge in [0, 0.05) is 0 Å². The number of hydrogen-bond donors (Lipinski definition) is 1. The quantitative estimate of drug-likeness (QED) is 0.375. The van der Waals surface area contributed by atoms with Crippen LogP contribution in [0.1, 0.15) is 71.6 Å². The van der Waals surface area contributed by atoms with E-state index in [1.807, 2.05) is 0 Å². The molecule has 0 rings (SSSR count). The van der Waals surface area contributed by atoms with Gasteiger partial charge in [-0.2, -0.15) is 0 Å². The summed E-state index contributed by atoms with van der Waals surface area (Å²) in [5.41, 5.74) is 0. The largest absolute Gasteiger partial charge is 0.316 e. The van der Waals surface area contributed by atoms with Gasteiger partial charge in [-0.3, -0.25) is 0 Å². The third-order valence-electron chi connectivity index (χ3n) is 2.81. The minimum Gasteiger partial charge on any atom is -0.316 e. The van der Waals surface area contributed by atoms with E-state index in [9.17, 15) is 0 Å². The van der Waals surface area contributed by atoms with E-state index in [1.165, 1.54) is 57.8 Å². The Bertz CT molecular complexity index is 140. The van der Waals surface area contributed by atoms with Crippen LogP contribution in [0.4, 0.5) is 0 Å². The maximum absolute atomic E-state index is 3.41. The van der Waals surface area contributed by atoms with Crippen molar-refractivity contribution in [2.45, 2.75) is 71.6 Å². The third-order valence-corrected chi connectivity index (χ3v) is 2.81. The van der Waals surface area contributed by atoms with Crippen LogP contribution < -0.4 is 5.32 Å². The molecule has 16 heavy (non-hydrogen) atoms. The van der Waals surface area contributed by atoms with Crippen LogP contribution in [-0.2, 0) is 0 Å². The number of rotatable bonds is 12. The standard InChI is InChI=1S/C15H31N/c1-3-5-6-7-8-9-10-11-12-13-15-16-14-4-2/h11-12,16H,3-10,13-15H2,1-2H3. The van der Waals surface area contributed by atoms with Crippen LogP contribution in [0, 0.1) is 0 Å². The summed E-state index contributed by atoms with van der Waals surface area (Å²) in [6.07, 6.45) is 16.8. The maximum Gasteiger partial charge on any atom is -0.00143 e. The zero-order valence-electron chi connectivity index (χ0n) is 11.4. The van der Waals surface area contributed by atoms with Gasteiger partial charge in [-0.05, 0) is 38.8 Å². The molecule has 0 aliphatic rings. The lowest BCUT2D eigenvalue weighted by Crippen LogP contribution is -2.14. The van der Waals surface area contributed by atoms with Crippen molar-refractivity contribution < 1.29 is 0 Å². The average Bonchev–Trinajstić information content (AvgIpc) is 2.31. The molecule has 0 aliphatic heterocycles. The first-order valence-electron chi connectivity index (χ1n) is 7.27. The second kappa shape index (κ2) is 14.7. The summed E-state index contributed by atoms with van der Waals surface area (Å²) >= 11 is 0. The average molecular weight is 225 g/mol. The van der Waals surface area contributed by atoms with Crippen LogP contribution in [0.5, 0.6) is 0 Å². The van der Waals surface area contributed by atoms with Crippen LogP contribution in [0.2, 0.25) is 0 Å². The molecule has 0 saturated heterocycles. The van der Waals surface area contributed by atoms with E-state index in [0.29, 0.717) is 0 Å². The summed E-state index contributed by atoms with van der Waals surface area (Å²) in [7, 11) is 0. The van der Waals surface area contributed by atoms with E-state index in [0.717, 1.165) is 13.1 Å². The fraction of sp³-hybridized carbons (Fsp3) is 0.867. The molecule has 0 aromatic carbocycles. The number of allylic oxidation sites excluding steroid dienone is 1. The van der Waals surface area contributed by atoms with Crippen LogP contribution in [-0.4, -0.2) is 13.1 Å². The molecule has 0 fully saturated rings. The van der Waals surface area contributed by atoms with Gasteiger partial charge >= 0.3 is 0 Å². The highest BCUT2D eigenvalue weighted by Gasteiger charge is 1.88. The van der Waals surface area contributed by atoms with E-state index in [-0.39, 0.29) is 0 Å². The van der Waals surface area contributed by atoms with E-state index in [2.05, 4.69) is 31.3 Å². The SMILES string of the molecule is CCCCCCCCC=CCCNCCC. The number of nitrogens with one attached hydrogen (secondary N) is 1. The lowest BCUT2D eigenvalue weighted by molar-refractivity contribution is 0.610. The zero-order valence-corrected chi connectivity index (χ0v) is 11.4. The zero-order chi connectivity index (χ0) is 11.9. The fourth-order valence-corrected chi connectivity index (χ4v) is 1.77. The fourth-order valence-electron chi connectivity index (χ4n) is 1.77. The van der Waals surface area contributed by atoms with Crippen molar-refractivity contribution >= 4 is 0 Å². The molecule has 1 N–H and O–H groups in total. The van der Waals surface area contributed by atoms with Gasteiger partial charge in [0.15, 0.2) is 0 Å². The Labute approximate surface area is 103 Å². The predicted molar refractivity (Wildman–Crippen MR) is 74.9 cm³/mol. The minimum atomic E-state index is 1.14. The highest BCUT2D eigenvalue weighted by molar-refractivity contribution is 4.81. The van der Waals surface area contributed by atoms with Crippen molar-refractivity contribution in [1.82, 2.24) is 5.32 Å². The first-order valence-corrected chi connectivity index (χ1v) is 7.27. The molecule has 0 saturated carbocycles. The Balaban J connectivity index is 2.98. The normalized spacial score (nSPS) is 11.4. The Morgan fingerprint density at radius 1 is 0.688 bits per heavy atom. The molecule has 0 atom stereocenters. The molecule has 0 heterocycles. The molecule has 1 heteroatoms. The number of hydrogen-bond acceptors (Lipinski definition) is 1. The second-order valence-electron chi connectivity index (χ2n) is 4.57. The lowest BCUT2D eigenvalue weighted by atomic mass is 10.1. The minimum absolute atomic E-state index is 1.14. The highest BCUT2D eigenvalue weighted by Crippen LogP contribution is 2.07.